The molecule has 0 spiro atoms. The van der Waals surface area contributed by atoms with E-state index in [1.165, 1.54) is 0 Å². The third-order valence-electron chi connectivity index (χ3n) is 1.79. The van der Waals surface area contributed by atoms with Crippen LogP contribution in [0.15, 0.2) is 30.3 Å². The van der Waals surface area contributed by atoms with E-state index in [1.54, 1.807) is 13.0 Å². The molecule has 0 aliphatic rings. The molecule has 0 aromatic heterocycles. The van der Waals surface area contributed by atoms with Gasteiger partial charge in [-0.15, -0.1) is 0 Å². The van der Waals surface area contributed by atoms with E-state index in [1.807, 2.05) is 31.2 Å². The Hall–Kier alpha value is -1.31. The lowest BCUT2D eigenvalue weighted by atomic mass is 9.94. The Balaban J connectivity index is 2.96. The van der Waals surface area contributed by atoms with Gasteiger partial charge in [0, 0.05) is 0 Å². The molecule has 13 heavy (non-hydrogen) atoms. The SMILES string of the molecule is [B]c1ccc(C(C)=CC(C)=O)cc1. The third kappa shape index (κ3) is 2.90. The minimum Gasteiger partial charge on any atom is -0.295 e. The van der Waals surface area contributed by atoms with Gasteiger partial charge in [0.05, 0.1) is 0 Å². The highest BCUT2D eigenvalue weighted by Crippen LogP contribution is 2.11. The van der Waals surface area contributed by atoms with Gasteiger partial charge in [-0.1, -0.05) is 29.7 Å². The molecule has 0 amide bonds. The molecule has 0 bridgehead atoms. The van der Waals surface area contributed by atoms with Crippen molar-refractivity contribution in [1.29, 1.82) is 0 Å². The van der Waals surface area contributed by atoms with Crippen LogP contribution in [0.5, 0.6) is 0 Å². The van der Waals surface area contributed by atoms with Gasteiger partial charge in [-0.3, -0.25) is 4.79 Å². The normalized spacial score (nSPS) is 11.4. The molecule has 0 heterocycles. The number of carbonyl (C=O) groups excluding carboxylic acids is 1. The topological polar surface area (TPSA) is 17.1 Å². The van der Waals surface area contributed by atoms with Crippen LogP contribution in [0.4, 0.5) is 0 Å². The lowest BCUT2D eigenvalue weighted by molar-refractivity contribution is -0.112. The van der Waals surface area contributed by atoms with Crippen LogP contribution in [0, 0.1) is 0 Å². The maximum absolute atomic E-state index is 10.8. The van der Waals surface area contributed by atoms with E-state index in [0.29, 0.717) is 0 Å². The summed E-state index contributed by atoms with van der Waals surface area (Å²) in [6.07, 6.45) is 1.62. The van der Waals surface area contributed by atoms with Crippen LogP contribution >= 0.6 is 0 Å². The number of ketones is 1. The lowest BCUT2D eigenvalue weighted by Gasteiger charge is -2.00. The highest BCUT2D eigenvalue weighted by atomic mass is 16.1. The van der Waals surface area contributed by atoms with Gasteiger partial charge in [0.1, 0.15) is 7.85 Å². The number of rotatable bonds is 2. The summed E-state index contributed by atoms with van der Waals surface area (Å²) in [6, 6.07) is 7.47. The van der Waals surface area contributed by atoms with E-state index in [-0.39, 0.29) is 5.78 Å². The van der Waals surface area contributed by atoms with Gasteiger partial charge in [0.15, 0.2) is 5.78 Å². The molecule has 1 aromatic carbocycles. The van der Waals surface area contributed by atoms with E-state index in [0.717, 1.165) is 16.6 Å². The van der Waals surface area contributed by atoms with E-state index < -0.39 is 0 Å². The monoisotopic (exact) mass is 170 g/mol. The van der Waals surface area contributed by atoms with Crippen molar-refractivity contribution in [2.45, 2.75) is 13.8 Å². The first kappa shape index (κ1) is 9.78. The van der Waals surface area contributed by atoms with Crippen molar-refractivity contribution in [3.8, 4) is 0 Å². The largest absolute Gasteiger partial charge is 0.295 e. The molecule has 2 radical (unpaired) electrons. The van der Waals surface area contributed by atoms with Crippen molar-refractivity contribution in [2.24, 2.45) is 0 Å². The number of carbonyl (C=O) groups is 1. The molecule has 64 valence electrons. The maximum Gasteiger partial charge on any atom is 0.152 e. The lowest BCUT2D eigenvalue weighted by Crippen LogP contribution is -2.00. The summed E-state index contributed by atoms with van der Waals surface area (Å²) in [5, 5.41) is 0. The molecule has 1 rings (SSSR count). The number of allylic oxidation sites excluding steroid dienone is 2. The van der Waals surface area contributed by atoms with Crippen LogP contribution in [0.25, 0.3) is 5.57 Å². The summed E-state index contributed by atoms with van der Waals surface area (Å²) in [5.41, 5.74) is 2.73. The van der Waals surface area contributed by atoms with Gasteiger partial charge in [-0.2, -0.15) is 0 Å². The molecule has 0 aliphatic heterocycles. The van der Waals surface area contributed by atoms with Crippen molar-refractivity contribution < 1.29 is 4.79 Å². The van der Waals surface area contributed by atoms with E-state index in [9.17, 15) is 4.79 Å². The highest BCUT2D eigenvalue weighted by molar-refractivity contribution is 6.32. The smallest absolute Gasteiger partial charge is 0.152 e. The van der Waals surface area contributed by atoms with E-state index >= 15 is 0 Å². The second kappa shape index (κ2) is 4.08. The summed E-state index contributed by atoms with van der Waals surface area (Å²) in [4.78, 5) is 10.8. The summed E-state index contributed by atoms with van der Waals surface area (Å²) in [5.74, 6) is 0.0642. The molecule has 1 aromatic rings. The molecule has 1 nitrogen and oxygen atoms in total. The minimum atomic E-state index is 0.0642. The zero-order valence-electron chi connectivity index (χ0n) is 7.87. The predicted molar refractivity (Wildman–Crippen MR) is 56.2 cm³/mol. The van der Waals surface area contributed by atoms with Gasteiger partial charge in [-0.25, -0.2) is 0 Å². The first-order valence-electron chi connectivity index (χ1n) is 4.14. The van der Waals surface area contributed by atoms with Crippen LogP contribution in [0.2, 0.25) is 0 Å². The van der Waals surface area contributed by atoms with Gasteiger partial charge < -0.3 is 0 Å². The highest BCUT2D eigenvalue weighted by Gasteiger charge is 1.95. The van der Waals surface area contributed by atoms with E-state index in [2.05, 4.69) is 0 Å². The summed E-state index contributed by atoms with van der Waals surface area (Å²) in [6.45, 7) is 3.45. The average molecular weight is 170 g/mol. The van der Waals surface area contributed by atoms with Crippen LogP contribution in [0.1, 0.15) is 19.4 Å². The Kier molecular flexibility index (Phi) is 3.07. The van der Waals surface area contributed by atoms with Gasteiger partial charge in [0.2, 0.25) is 0 Å². The van der Waals surface area contributed by atoms with Gasteiger partial charge in [-0.05, 0) is 31.1 Å². The Bertz CT molecular complexity index is 336. The van der Waals surface area contributed by atoms with Crippen molar-refractivity contribution in [3.05, 3.63) is 35.9 Å². The second-order valence-corrected chi connectivity index (χ2v) is 3.06. The summed E-state index contributed by atoms with van der Waals surface area (Å²) >= 11 is 0. The summed E-state index contributed by atoms with van der Waals surface area (Å²) < 4.78 is 0. The number of hydrogen-bond acceptors (Lipinski definition) is 1. The number of hydrogen-bond donors (Lipinski definition) is 0. The molecular weight excluding hydrogens is 159 g/mol. The van der Waals surface area contributed by atoms with Crippen molar-refractivity contribution in [2.75, 3.05) is 0 Å². The molecule has 0 atom stereocenters. The fourth-order valence-corrected chi connectivity index (χ4v) is 1.13. The minimum absolute atomic E-state index is 0.0642. The Labute approximate surface area is 79.9 Å². The summed E-state index contributed by atoms with van der Waals surface area (Å²) in [7, 11) is 5.54. The standard InChI is InChI=1S/C11H11BO/c1-8(7-9(2)13)10-3-5-11(12)6-4-10/h3-7H,1-2H3. The van der Waals surface area contributed by atoms with Gasteiger partial charge in [0.25, 0.3) is 0 Å². The molecule has 0 unspecified atom stereocenters. The average Bonchev–Trinajstić information content (AvgIpc) is 2.04. The molecule has 0 saturated carbocycles. The fourth-order valence-electron chi connectivity index (χ4n) is 1.13. The molecule has 0 saturated heterocycles. The molecule has 2 heteroatoms. The second-order valence-electron chi connectivity index (χ2n) is 3.06. The molecule has 0 aliphatic carbocycles. The molecule has 0 fully saturated rings. The number of benzene rings is 1. The first-order chi connectivity index (χ1) is 6.09. The van der Waals surface area contributed by atoms with Crippen molar-refractivity contribution in [3.63, 3.8) is 0 Å². The quantitative estimate of drug-likeness (QED) is 0.485. The zero-order valence-corrected chi connectivity index (χ0v) is 7.87. The Morgan fingerprint density at radius 2 is 1.77 bits per heavy atom. The van der Waals surface area contributed by atoms with Crippen LogP contribution in [0.3, 0.4) is 0 Å². The third-order valence-corrected chi connectivity index (χ3v) is 1.79. The predicted octanol–water partition coefficient (Wildman–Crippen LogP) is 1.47. The first-order valence-corrected chi connectivity index (χ1v) is 4.14. The van der Waals surface area contributed by atoms with Crippen LogP contribution < -0.4 is 5.46 Å². The maximum atomic E-state index is 10.8. The Morgan fingerprint density at radius 1 is 1.23 bits per heavy atom. The van der Waals surface area contributed by atoms with Gasteiger partial charge >= 0.3 is 0 Å². The van der Waals surface area contributed by atoms with Crippen LogP contribution in [-0.2, 0) is 4.79 Å². The molecule has 0 N–H and O–H groups in total. The van der Waals surface area contributed by atoms with Crippen molar-refractivity contribution in [1.82, 2.24) is 0 Å². The van der Waals surface area contributed by atoms with Crippen molar-refractivity contribution >= 4 is 24.7 Å². The zero-order chi connectivity index (χ0) is 9.84. The molecular formula is C11H11BO. The fraction of sp³-hybridized carbons (Fsp3) is 0.182. The van der Waals surface area contributed by atoms with Crippen LogP contribution in [-0.4, -0.2) is 13.6 Å². The Morgan fingerprint density at radius 3 is 2.23 bits per heavy atom. The van der Waals surface area contributed by atoms with E-state index in [4.69, 9.17) is 7.85 Å².